The van der Waals surface area contributed by atoms with Gasteiger partial charge in [-0.2, -0.15) is 0 Å². The van der Waals surface area contributed by atoms with Gasteiger partial charge in [-0.25, -0.2) is 0 Å². The number of nitrogens with one attached hydrogen (secondary N) is 1. The molecule has 1 aromatic rings. The minimum Gasteiger partial charge on any atom is -0.481 e. The Morgan fingerprint density at radius 3 is 2.43 bits per heavy atom. The molecule has 2 rings (SSSR count). The van der Waals surface area contributed by atoms with E-state index < -0.39 is 5.97 Å². The van der Waals surface area contributed by atoms with Crippen LogP contribution in [-0.2, 0) is 22.6 Å². The molecule has 114 valence electrons. The fraction of sp³-hybridized carbons (Fsp3) is 0.500. The van der Waals surface area contributed by atoms with Gasteiger partial charge in [0.1, 0.15) is 0 Å². The molecule has 0 spiro atoms. The number of nitrogens with two attached hydrogens (primary N) is 1. The van der Waals surface area contributed by atoms with E-state index in [-0.39, 0.29) is 24.2 Å². The third-order valence-electron chi connectivity index (χ3n) is 4.29. The zero-order chi connectivity index (χ0) is 15.3. The summed E-state index contributed by atoms with van der Waals surface area (Å²) in [5.41, 5.74) is 7.31. The molecule has 5 heteroatoms. The second kappa shape index (κ2) is 6.72. The second-order valence-electron chi connectivity index (χ2n) is 5.85. The monoisotopic (exact) mass is 290 g/mol. The predicted molar refractivity (Wildman–Crippen MR) is 79.6 cm³/mol. The smallest absolute Gasteiger partial charge is 0.303 e. The highest BCUT2D eigenvalue weighted by Crippen LogP contribution is 2.43. The first-order valence-corrected chi connectivity index (χ1v) is 7.30. The molecule has 0 heterocycles. The maximum absolute atomic E-state index is 12.1. The fourth-order valence-electron chi connectivity index (χ4n) is 2.86. The minimum absolute atomic E-state index is 0.0763. The summed E-state index contributed by atoms with van der Waals surface area (Å²) >= 11 is 0. The molecule has 1 fully saturated rings. The van der Waals surface area contributed by atoms with Crippen molar-refractivity contribution < 1.29 is 14.7 Å². The van der Waals surface area contributed by atoms with Crippen LogP contribution >= 0.6 is 0 Å². The molecule has 0 aliphatic heterocycles. The highest BCUT2D eigenvalue weighted by Gasteiger charge is 2.39. The average Bonchev–Trinajstić information content (AvgIpc) is 2.42. The van der Waals surface area contributed by atoms with Gasteiger partial charge in [0.05, 0.1) is 12.8 Å². The maximum atomic E-state index is 12.1. The van der Waals surface area contributed by atoms with E-state index >= 15 is 0 Å². The molecule has 0 radical (unpaired) electrons. The van der Waals surface area contributed by atoms with E-state index in [0.29, 0.717) is 13.1 Å². The van der Waals surface area contributed by atoms with Gasteiger partial charge >= 0.3 is 5.97 Å². The van der Waals surface area contributed by atoms with Gasteiger partial charge in [0.2, 0.25) is 5.91 Å². The number of hydrogen-bond donors (Lipinski definition) is 3. The van der Waals surface area contributed by atoms with E-state index in [1.165, 1.54) is 0 Å². The summed E-state index contributed by atoms with van der Waals surface area (Å²) in [6.07, 6.45) is 3.21. The Hall–Kier alpha value is -1.88. The average molecular weight is 290 g/mol. The standard InChI is InChI=1S/C16H22N2O3/c17-10-13-5-2-1-4-12(13)8-14(19)18-11-16(6-3-7-16)9-15(20)21/h1-2,4-5H,3,6-11,17H2,(H,18,19)(H,20,21). The first-order valence-electron chi connectivity index (χ1n) is 7.30. The van der Waals surface area contributed by atoms with Gasteiger partial charge in [0.25, 0.3) is 0 Å². The summed E-state index contributed by atoms with van der Waals surface area (Å²) in [4.78, 5) is 23.0. The number of hydrogen-bond acceptors (Lipinski definition) is 3. The third kappa shape index (κ3) is 4.04. The lowest BCUT2D eigenvalue weighted by molar-refractivity contribution is -0.141. The number of benzene rings is 1. The Morgan fingerprint density at radius 1 is 1.24 bits per heavy atom. The molecule has 1 aromatic carbocycles. The first-order chi connectivity index (χ1) is 10.0. The molecule has 1 aliphatic carbocycles. The van der Waals surface area contributed by atoms with Crippen molar-refractivity contribution in [3.05, 3.63) is 35.4 Å². The van der Waals surface area contributed by atoms with Crippen molar-refractivity contribution in [3.63, 3.8) is 0 Å². The number of carboxylic acids is 1. The van der Waals surface area contributed by atoms with Crippen LogP contribution in [0.25, 0.3) is 0 Å². The van der Waals surface area contributed by atoms with Crippen molar-refractivity contribution in [3.8, 4) is 0 Å². The van der Waals surface area contributed by atoms with Crippen molar-refractivity contribution in [1.82, 2.24) is 5.32 Å². The Balaban J connectivity index is 1.88. The van der Waals surface area contributed by atoms with Gasteiger partial charge in [0, 0.05) is 13.1 Å². The van der Waals surface area contributed by atoms with E-state index in [1.807, 2.05) is 24.3 Å². The van der Waals surface area contributed by atoms with Crippen LogP contribution in [0.3, 0.4) is 0 Å². The van der Waals surface area contributed by atoms with Crippen LogP contribution in [0.15, 0.2) is 24.3 Å². The largest absolute Gasteiger partial charge is 0.481 e. The van der Waals surface area contributed by atoms with Gasteiger partial charge in [-0.1, -0.05) is 30.7 Å². The zero-order valence-corrected chi connectivity index (χ0v) is 12.1. The molecular formula is C16H22N2O3. The number of carbonyl (C=O) groups is 2. The van der Waals surface area contributed by atoms with Gasteiger partial charge in [0.15, 0.2) is 0 Å². The number of aliphatic carboxylic acids is 1. The lowest BCUT2D eigenvalue weighted by Gasteiger charge is -2.40. The molecule has 1 amide bonds. The van der Waals surface area contributed by atoms with Crippen LogP contribution in [0.5, 0.6) is 0 Å². The highest BCUT2D eigenvalue weighted by molar-refractivity contribution is 5.79. The molecule has 21 heavy (non-hydrogen) atoms. The Labute approximate surface area is 124 Å². The molecule has 0 unspecified atom stereocenters. The highest BCUT2D eigenvalue weighted by atomic mass is 16.4. The van der Waals surface area contributed by atoms with Crippen LogP contribution < -0.4 is 11.1 Å². The van der Waals surface area contributed by atoms with Gasteiger partial charge in [-0.3, -0.25) is 9.59 Å². The lowest BCUT2D eigenvalue weighted by Crippen LogP contribution is -2.44. The van der Waals surface area contributed by atoms with Crippen LogP contribution in [0.1, 0.15) is 36.8 Å². The van der Waals surface area contributed by atoms with Crippen molar-refractivity contribution in [1.29, 1.82) is 0 Å². The summed E-state index contributed by atoms with van der Waals surface area (Å²) in [6.45, 7) is 0.856. The first kappa shape index (κ1) is 15.5. The van der Waals surface area contributed by atoms with Gasteiger partial charge in [-0.15, -0.1) is 0 Å². The third-order valence-corrected chi connectivity index (χ3v) is 4.29. The van der Waals surface area contributed by atoms with Crippen molar-refractivity contribution in [2.24, 2.45) is 11.1 Å². The molecule has 4 N–H and O–H groups in total. The number of carboxylic acid groups (broad SMARTS) is 1. The molecule has 1 aliphatic rings. The summed E-state index contributed by atoms with van der Waals surface area (Å²) in [5, 5.41) is 11.8. The SMILES string of the molecule is NCc1ccccc1CC(=O)NCC1(CC(=O)O)CCC1. The molecule has 0 bridgehead atoms. The number of amides is 1. The lowest BCUT2D eigenvalue weighted by atomic mass is 9.66. The van der Waals surface area contributed by atoms with Crippen LogP contribution in [0.4, 0.5) is 0 Å². The van der Waals surface area contributed by atoms with Crippen LogP contribution in [0, 0.1) is 5.41 Å². The summed E-state index contributed by atoms with van der Waals surface area (Å²) in [7, 11) is 0. The van der Waals surface area contributed by atoms with E-state index in [9.17, 15) is 9.59 Å². The van der Waals surface area contributed by atoms with Crippen molar-refractivity contribution in [2.75, 3.05) is 6.54 Å². The van der Waals surface area contributed by atoms with E-state index in [1.54, 1.807) is 0 Å². The summed E-state index contributed by atoms with van der Waals surface area (Å²) in [5.74, 6) is -0.870. The maximum Gasteiger partial charge on any atom is 0.303 e. The number of rotatable bonds is 7. The van der Waals surface area contributed by atoms with Crippen LogP contribution in [0.2, 0.25) is 0 Å². The number of carbonyl (C=O) groups excluding carboxylic acids is 1. The molecule has 0 aromatic heterocycles. The van der Waals surface area contributed by atoms with Gasteiger partial charge < -0.3 is 16.2 Å². The normalized spacial score (nSPS) is 16.0. The van der Waals surface area contributed by atoms with Crippen molar-refractivity contribution >= 4 is 11.9 Å². The second-order valence-corrected chi connectivity index (χ2v) is 5.85. The molecule has 0 saturated heterocycles. The molecule has 1 saturated carbocycles. The zero-order valence-electron chi connectivity index (χ0n) is 12.1. The molecular weight excluding hydrogens is 268 g/mol. The molecule has 0 atom stereocenters. The van der Waals surface area contributed by atoms with E-state index in [0.717, 1.165) is 30.4 Å². The fourth-order valence-corrected chi connectivity index (χ4v) is 2.86. The Kier molecular flexibility index (Phi) is 4.96. The quantitative estimate of drug-likeness (QED) is 0.708. The van der Waals surface area contributed by atoms with Crippen molar-refractivity contribution in [2.45, 2.75) is 38.6 Å². The predicted octanol–water partition coefficient (Wildman–Crippen LogP) is 1.45. The molecule has 5 nitrogen and oxygen atoms in total. The van der Waals surface area contributed by atoms with Gasteiger partial charge in [-0.05, 0) is 29.4 Å². The Bertz CT molecular complexity index is 524. The van der Waals surface area contributed by atoms with E-state index in [2.05, 4.69) is 5.32 Å². The summed E-state index contributed by atoms with van der Waals surface area (Å²) in [6, 6.07) is 7.61. The topological polar surface area (TPSA) is 92.4 Å². The van der Waals surface area contributed by atoms with E-state index in [4.69, 9.17) is 10.8 Å². The Morgan fingerprint density at radius 2 is 1.90 bits per heavy atom. The minimum atomic E-state index is -0.794. The summed E-state index contributed by atoms with van der Waals surface area (Å²) < 4.78 is 0. The van der Waals surface area contributed by atoms with Crippen LogP contribution in [-0.4, -0.2) is 23.5 Å².